The smallest absolute Gasteiger partial charge is 0.137 e. The molecule has 0 aliphatic heterocycles. The first kappa shape index (κ1) is 10.0. The Morgan fingerprint density at radius 3 is 2.00 bits per heavy atom. The molecule has 0 fully saturated rings. The van der Waals surface area contributed by atoms with Crippen molar-refractivity contribution in [2.75, 3.05) is 14.2 Å². The molecule has 1 atom stereocenters. The van der Waals surface area contributed by atoms with E-state index in [1.165, 1.54) is 14.2 Å². The Kier molecular flexibility index (Phi) is 3.27. The van der Waals surface area contributed by atoms with Crippen LogP contribution in [0.5, 0.6) is 11.5 Å². The zero-order valence-electron chi connectivity index (χ0n) is 7.27. The molecule has 0 heterocycles. The molecule has 0 amide bonds. The second kappa shape index (κ2) is 4.25. The molecule has 0 saturated carbocycles. The zero-order valence-corrected chi connectivity index (χ0v) is 8.09. The molecule has 72 valence electrons. The average molecular weight is 201 g/mol. The van der Waals surface area contributed by atoms with E-state index in [1.54, 1.807) is 18.2 Å². The van der Waals surface area contributed by atoms with Gasteiger partial charge in [0, 0.05) is 0 Å². The number of hydrogen-bond acceptors (Lipinski definition) is 4. The number of benzene rings is 1. The molecule has 4 nitrogen and oxygen atoms in total. The number of rotatable bonds is 3. The van der Waals surface area contributed by atoms with Gasteiger partial charge in [0.25, 0.3) is 0 Å². The first-order valence-electron chi connectivity index (χ1n) is 3.51. The Bertz CT molecular complexity index is 302. The summed E-state index contributed by atoms with van der Waals surface area (Å²) in [7, 11) is 2.82. The van der Waals surface area contributed by atoms with E-state index in [1.807, 2.05) is 0 Å². The molecule has 1 aromatic carbocycles. The zero-order chi connectivity index (χ0) is 9.84. The van der Waals surface area contributed by atoms with Crippen molar-refractivity contribution in [2.45, 2.75) is 4.90 Å². The highest BCUT2D eigenvalue weighted by Crippen LogP contribution is 2.30. The van der Waals surface area contributed by atoms with Crippen molar-refractivity contribution in [3.63, 3.8) is 0 Å². The van der Waals surface area contributed by atoms with E-state index in [0.29, 0.717) is 0 Å². The van der Waals surface area contributed by atoms with Gasteiger partial charge in [0.15, 0.2) is 0 Å². The molecular weight excluding hydrogens is 192 g/mol. The summed E-state index contributed by atoms with van der Waals surface area (Å²) >= 11 is -2.35. The minimum absolute atomic E-state index is 0.0486. The highest BCUT2D eigenvalue weighted by molar-refractivity contribution is 7.79. The molecule has 0 aromatic heterocycles. The summed E-state index contributed by atoms with van der Waals surface area (Å²) in [4.78, 5) is 0.0486. The van der Waals surface area contributed by atoms with E-state index < -0.39 is 11.1 Å². The van der Waals surface area contributed by atoms with Crippen LogP contribution < -0.4 is 9.47 Å². The molecule has 0 bridgehead atoms. The largest absolute Gasteiger partial charge is 0.768 e. The lowest BCUT2D eigenvalue weighted by atomic mass is 10.3. The van der Waals surface area contributed by atoms with E-state index in [9.17, 15) is 8.76 Å². The van der Waals surface area contributed by atoms with E-state index >= 15 is 0 Å². The maximum Gasteiger partial charge on any atom is 0.137 e. The molecule has 1 unspecified atom stereocenters. The maximum absolute atomic E-state index is 10.8. The van der Waals surface area contributed by atoms with Gasteiger partial charge in [0.2, 0.25) is 0 Å². The third-order valence-electron chi connectivity index (χ3n) is 1.55. The minimum atomic E-state index is -2.35. The molecule has 0 spiro atoms. The monoisotopic (exact) mass is 201 g/mol. The lowest BCUT2D eigenvalue weighted by Gasteiger charge is -2.14. The lowest BCUT2D eigenvalue weighted by Crippen LogP contribution is -1.98. The molecule has 0 radical (unpaired) electrons. The summed E-state index contributed by atoms with van der Waals surface area (Å²) in [6.07, 6.45) is 0. The summed E-state index contributed by atoms with van der Waals surface area (Å²) in [6.45, 7) is 0. The summed E-state index contributed by atoms with van der Waals surface area (Å²) in [5.74, 6) is 0.570. The first-order valence-corrected chi connectivity index (χ1v) is 4.58. The SMILES string of the molecule is COc1cccc(OC)c1S(=O)[O-]. The van der Waals surface area contributed by atoms with Crippen LogP contribution in [0.3, 0.4) is 0 Å². The van der Waals surface area contributed by atoms with Crippen LogP contribution in [0.15, 0.2) is 23.1 Å². The van der Waals surface area contributed by atoms with Gasteiger partial charge in [-0.3, -0.25) is 4.21 Å². The van der Waals surface area contributed by atoms with Crippen LogP contribution in [0.2, 0.25) is 0 Å². The lowest BCUT2D eigenvalue weighted by molar-refractivity contribution is 0.371. The second-order valence-electron chi connectivity index (χ2n) is 2.23. The van der Waals surface area contributed by atoms with Crippen molar-refractivity contribution in [3.05, 3.63) is 18.2 Å². The van der Waals surface area contributed by atoms with Crippen molar-refractivity contribution < 1.29 is 18.2 Å². The molecule has 0 aliphatic rings. The Morgan fingerprint density at radius 1 is 1.23 bits per heavy atom. The van der Waals surface area contributed by atoms with Crippen molar-refractivity contribution >= 4 is 11.1 Å². The van der Waals surface area contributed by atoms with E-state index in [-0.39, 0.29) is 16.4 Å². The number of ether oxygens (including phenoxy) is 2. The Morgan fingerprint density at radius 2 is 1.69 bits per heavy atom. The van der Waals surface area contributed by atoms with Crippen LogP contribution in [0, 0.1) is 0 Å². The molecule has 13 heavy (non-hydrogen) atoms. The van der Waals surface area contributed by atoms with Gasteiger partial charge in [0.1, 0.15) is 16.4 Å². The van der Waals surface area contributed by atoms with E-state index in [0.717, 1.165) is 0 Å². The maximum atomic E-state index is 10.8. The fourth-order valence-corrected chi connectivity index (χ4v) is 1.61. The Hall–Kier alpha value is -1.07. The van der Waals surface area contributed by atoms with E-state index in [4.69, 9.17) is 9.47 Å². The predicted molar refractivity (Wildman–Crippen MR) is 46.7 cm³/mol. The molecule has 0 N–H and O–H groups in total. The minimum Gasteiger partial charge on any atom is -0.768 e. The van der Waals surface area contributed by atoms with Gasteiger partial charge in [-0.2, -0.15) is 0 Å². The van der Waals surface area contributed by atoms with Gasteiger partial charge in [-0.15, -0.1) is 0 Å². The normalized spacial score (nSPS) is 12.2. The second-order valence-corrected chi connectivity index (χ2v) is 3.10. The molecule has 0 saturated heterocycles. The fourth-order valence-electron chi connectivity index (χ4n) is 0.981. The van der Waals surface area contributed by atoms with Gasteiger partial charge in [-0.1, -0.05) is 6.07 Å². The van der Waals surface area contributed by atoms with Crippen LogP contribution in [-0.4, -0.2) is 23.0 Å². The quantitative estimate of drug-likeness (QED) is 0.683. The van der Waals surface area contributed by atoms with Gasteiger partial charge < -0.3 is 14.0 Å². The fraction of sp³-hybridized carbons (Fsp3) is 0.250. The van der Waals surface area contributed by atoms with Crippen LogP contribution in [0.4, 0.5) is 0 Å². The molecule has 1 aromatic rings. The molecule has 5 heteroatoms. The van der Waals surface area contributed by atoms with Crippen molar-refractivity contribution in [2.24, 2.45) is 0 Å². The molecular formula is C8H9O4S-. The van der Waals surface area contributed by atoms with Gasteiger partial charge in [0.05, 0.1) is 14.2 Å². The highest BCUT2D eigenvalue weighted by atomic mass is 32.2. The topological polar surface area (TPSA) is 58.6 Å². The van der Waals surface area contributed by atoms with Crippen molar-refractivity contribution in [3.8, 4) is 11.5 Å². The van der Waals surface area contributed by atoms with Crippen molar-refractivity contribution in [1.82, 2.24) is 0 Å². The van der Waals surface area contributed by atoms with Crippen LogP contribution in [-0.2, 0) is 11.1 Å². The Balaban J connectivity index is 3.29. The van der Waals surface area contributed by atoms with Crippen molar-refractivity contribution in [1.29, 1.82) is 0 Å². The Labute approximate surface area is 78.8 Å². The summed E-state index contributed by atoms with van der Waals surface area (Å²) in [5, 5.41) is 0. The number of hydrogen-bond donors (Lipinski definition) is 0. The van der Waals surface area contributed by atoms with Crippen LogP contribution >= 0.6 is 0 Å². The molecule has 0 aliphatic carbocycles. The number of methoxy groups -OCH3 is 2. The van der Waals surface area contributed by atoms with Gasteiger partial charge >= 0.3 is 0 Å². The van der Waals surface area contributed by atoms with Crippen LogP contribution in [0.25, 0.3) is 0 Å². The van der Waals surface area contributed by atoms with E-state index in [2.05, 4.69) is 0 Å². The standard InChI is InChI=1S/C8H10O4S/c1-11-6-4-3-5-7(12-2)8(6)13(9)10/h3-5H,1-2H3,(H,9,10)/p-1. The summed E-state index contributed by atoms with van der Waals surface area (Å²) < 4.78 is 31.4. The third-order valence-corrected chi connectivity index (χ3v) is 2.28. The van der Waals surface area contributed by atoms with Gasteiger partial charge in [-0.05, 0) is 23.2 Å². The summed E-state index contributed by atoms with van der Waals surface area (Å²) in [6, 6.07) is 4.79. The van der Waals surface area contributed by atoms with Crippen LogP contribution in [0.1, 0.15) is 0 Å². The third kappa shape index (κ3) is 1.99. The summed E-state index contributed by atoms with van der Waals surface area (Å²) in [5.41, 5.74) is 0. The average Bonchev–Trinajstić information content (AvgIpc) is 2.16. The molecule has 1 rings (SSSR count). The van der Waals surface area contributed by atoms with Gasteiger partial charge in [-0.25, -0.2) is 0 Å². The highest BCUT2D eigenvalue weighted by Gasteiger charge is 2.09. The predicted octanol–water partition coefficient (Wildman–Crippen LogP) is 0.942. The first-order chi connectivity index (χ1) is 6.20.